The van der Waals surface area contributed by atoms with Crippen LogP contribution in [0.2, 0.25) is 0 Å². The summed E-state index contributed by atoms with van der Waals surface area (Å²) in [4.78, 5) is 26.1. The Hall–Kier alpha value is -3.24. The van der Waals surface area contributed by atoms with Crippen molar-refractivity contribution in [3.05, 3.63) is 48.3 Å². The number of pyridine rings is 1. The predicted octanol–water partition coefficient (Wildman–Crippen LogP) is 5.85. The van der Waals surface area contributed by atoms with Crippen LogP contribution in [0.1, 0.15) is 43.7 Å². The topological polar surface area (TPSA) is 132 Å². The van der Waals surface area contributed by atoms with Crippen LogP contribution in [0.4, 0.5) is 10.1 Å². The maximum atomic E-state index is 14.7. The highest BCUT2D eigenvalue weighted by Gasteiger charge is 2.48. The summed E-state index contributed by atoms with van der Waals surface area (Å²) in [6, 6.07) is 14.0. The molecule has 3 heterocycles. The van der Waals surface area contributed by atoms with E-state index < -0.39 is 28.2 Å². The number of carbonyl (C=O) groups excluding carboxylic acids is 1. The van der Waals surface area contributed by atoms with Gasteiger partial charge in [-0.15, -0.1) is 11.3 Å². The Kier molecular flexibility index (Phi) is 7.87. The summed E-state index contributed by atoms with van der Waals surface area (Å²) in [5, 5.41) is 13.2. The number of nitrogens with zero attached hydrogens (tertiary/aromatic N) is 4. The molecule has 12 heteroatoms. The van der Waals surface area contributed by atoms with Gasteiger partial charge in [0.1, 0.15) is 22.5 Å². The molecular weight excluding hydrogens is 577 g/mol. The zero-order valence-corrected chi connectivity index (χ0v) is 25.0. The lowest BCUT2D eigenvalue weighted by atomic mass is 9.75. The molecule has 42 heavy (non-hydrogen) atoms. The average molecular weight is 612 g/mol. The molecule has 1 aromatic carbocycles. The average Bonchev–Trinajstić information content (AvgIpc) is 3.64. The van der Waals surface area contributed by atoms with E-state index >= 15 is 0 Å². The molecule has 0 radical (unpaired) electrons. The van der Waals surface area contributed by atoms with E-state index in [1.165, 1.54) is 11.3 Å². The van der Waals surface area contributed by atoms with Crippen LogP contribution in [0.15, 0.2) is 42.6 Å². The lowest BCUT2D eigenvalue weighted by Gasteiger charge is -2.41. The minimum Gasteiger partial charge on any atom is -0.495 e. The molecule has 3 aliphatic rings. The summed E-state index contributed by atoms with van der Waals surface area (Å²) in [6.07, 6.45) is 2.70. The van der Waals surface area contributed by atoms with Gasteiger partial charge in [-0.1, -0.05) is 12.1 Å². The van der Waals surface area contributed by atoms with Crippen LogP contribution in [0.25, 0.3) is 21.1 Å². The van der Waals surface area contributed by atoms with Gasteiger partial charge in [0.2, 0.25) is 5.91 Å². The van der Waals surface area contributed by atoms with E-state index in [4.69, 9.17) is 9.72 Å². The maximum absolute atomic E-state index is 14.7. The van der Waals surface area contributed by atoms with Gasteiger partial charge in [-0.25, -0.2) is 14.4 Å². The summed E-state index contributed by atoms with van der Waals surface area (Å²) in [5.41, 5.74) is 2.54. The first-order chi connectivity index (χ1) is 20.2. The van der Waals surface area contributed by atoms with Crippen molar-refractivity contribution in [2.75, 3.05) is 36.6 Å². The first kappa shape index (κ1) is 28.9. The number of anilines is 1. The Labute approximate surface area is 250 Å². The van der Waals surface area contributed by atoms with Crippen molar-refractivity contribution >= 4 is 33.5 Å². The van der Waals surface area contributed by atoms with Crippen molar-refractivity contribution in [1.82, 2.24) is 15.3 Å². The van der Waals surface area contributed by atoms with Crippen molar-refractivity contribution < 1.29 is 23.0 Å². The number of ether oxygens (including phenoxy) is 1. The van der Waals surface area contributed by atoms with Crippen LogP contribution in [-0.2, 0) is 4.79 Å². The molecule has 2 aromatic heterocycles. The minimum absolute atomic E-state index is 0.0954. The number of hydrogen-bond acceptors (Lipinski definition) is 9. The maximum Gasteiger partial charge on any atom is 0.225 e. The molecule has 1 aliphatic heterocycles. The molecular formula is C30H34FN5O4S2. The Bertz CT molecular complexity index is 1480. The third-order valence-electron chi connectivity index (χ3n) is 8.52. The van der Waals surface area contributed by atoms with E-state index in [0.717, 1.165) is 21.8 Å². The molecule has 3 aromatic rings. The fourth-order valence-electron chi connectivity index (χ4n) is 5.79. The van der Waals surface area contributed by atoms with Crippen LogP contribution < -0.4 is 15.0 Å². The molecule has 9 nitrogen and oxygen atoms in total. The number of carbonyl (C=O) groups is 1. The quantitative estimate of drug-likeness (QED) is 0.303. The number of nitrogens with one attached hydrogen (secondary N) is 1. The smallest absolute Gasteiger partial charge is 0.225 e. The number of benzene rings is 1. The Morgan fingerprint density at radius 1 is 1.19 bits per heavy atom. The Morgan fingerprint density at radius 3 is 2.55 bits per heavy atom. The Balaban J connectivity index is 1.35. The molecule has 0 unspecified atom stereocenters. The second kappa shape index (κ2) is 11.4. The molecule has 6 rings (SSSR count). The van der Waals surface area contributed by atoms with Crippen LogP contribution in [0.5, 0.6) is 5.75 Å². The monoisotopic (exact) mass is 611 g/mol. The van der Waals surface area contributed by atoms with Gasteiger partial charge in [-0.2, -0.15) is 15.9 Å². The second-order valence-corrected chi connectivity index (χ2v) is 14.8. The van der Waals surface area contributed by atoms with Crippen molar-refractivity contribution in [2.24, 2.45) is 5.92 Å². The number of alkyl halides is 1. The lowest BCUT2D eigenvalue weighted by Crippen LogP contribution is -2.44. The van der Waals surface area contributed by atoms with Crippen LogP contribution >= 0.6 is 21.9 Å². The van der Waals surface area contributed by atoms with Gasteiger partial charge >= 0.3 is 0 Å². The summed E-state index contributed by atoms with van der Waals surface area (Å²) < 4.78 is 40.0. The lowest BCUT2D eigenvalue weighted by molar-refractivity contribution is -0.128. The van der Waals surface area contributed by atoms with Gasteiger partial charge in [-0.3, -0.25) is 13.9 Å². The number of rotatable bonds is 7. The highest BCUT2D eigenvalue weighted by atomic mass is 32.3. The number of nitriles is 1. The van der Waals surface area contributed by atoms with Crippen LogP contribution in [0.3, 0.4) is 0 Å². The highest BCUT2D eigenvalue weighted by molar-refractivity contribution is 8.24. The van der Waals surface area contributed by atoms with E-state index in [2.05, 4.69) is 21.3 Å². The molecule has 3 fully saturated rings. The molecule has 222 valence electrons. The molecule has 2 aliphatic carbocycles. The van der Waals surface area contributed by atoms with Crippen molar-refractivity contribution in [2.45, 2.75) is 49.7 Å². The number of hydrogen-bond donors (Lipinski definition) is 3. The van der Waals surface area contributed by atoms with Gasteiger partial charge < -0.3 is 15.0 Å². The third-order valence-corrected chi connectivity index (χ3v) is 11.3. The molecule has 0 bridgehead atoms. The van der Waals surface area contributed by atoms with E-state index in [9.17, 15) is 23.6 Å². The van der Waals surface area contributed by atoms with E-state index in [-0.39, 0.29) is 18.2 Å². The molecule has 3 atom stereocenters. The van der Waals surface area contributed by atoms with Crippen LogP contribution in [0, 0.1) is 17.2 Å². The summed E-state index contributed by atoms with van der Waals surface area (Å²) in [5.74, 6) is 0.131. The fraction of sp³-hybridized carbons (Fsp3) is 0.467. The second-order valence-electron chi connectivity index (χ2n) is 11.4. The largest absolute Gasteiger partial charge is 0.495 e. The normalized spacial score (nSPS) is 25.2. The summed E-state index contributed by atoms with van der Waals surface area (Å²) in [6.45, 7) is 1.16. The zero-order valence-electron chi connectivity index (χ0n) is 23.3. The standard InChI is InChI=1S/C30H34FN5O4S2/c1-40-22-7-9-25(33-17-22)29-34-26(23-8-4-20(31)16-24(23)28(37)35-30(18-32)10-11-30)27(41-29)19-2-5-21(6-3-19)36-12-14-42(38,39)15-13-36/h2-3,5-7,9,17,20,23-24,38-39H,4,8,10-16H2,1H3,(H,35,37)/t20-,23+,24+/m0/s1. The number of methoxy groups -OCH3 is 1. The minimum atomic E-state index is -2.49. The van der Waals surface area contributed by atoms with Crippen molar-refractivity contribution in [3.63, 3.8) is 0 Å². The van der Waals surface area contributed by atoms with Crippen LogP contribution in [-0.4, -0.2) is 68.4 Å². The number of aromatic nitrogens is 2. The Morgan fingerprint density at radius 2 is 1.93 bits per heavy atom. The molecule has 0 spiro atoms. The third kappa shape index (κ3) is 5.97. The first-order valence-electron chi connectivity index (χ1n) is 14.2. The van der Waals surface area contributed by atoms with Gasteiger partial charge in [0.25, 0.3) is 0 Å². The zero-order chi connectivity index (χ0) is 29.5. The van der Waals surface area contributed by atoms with Crippen molar-refractivity contribution in [1.29, 1.82) is 5.26 Å². The molecule has 3 N–H and O–H groups in total. The summed E-state index contributed by atoms with van der Waals surface area (Å²) in [7, 11) is -0.903. The van der Waals surface area contributed by atoms with Gasteiger partial charge in [0.15, 0.2) is 0 Å². The predicted molar refractivity (Wildman–Crippen MR) is 163 cm³/mol. The number of amides is 1. The molecule has 2 saturated carbocycles. The van der Waals surface area contributed by atoms with Gasteiger partial charge in [-0.05, 0) is 61.9 Å². The summed E-state index contributed by atoms with van der Waals surface area (Å²) >= 11 is 1.49. The number of halogens is 1. The van der Waals surface area contributed by atoms with Gasteiger partial charge in [0, 0.05) is 30.6 Å². The van der Waals surface area contributed by atoms with Gasteiger partial charge in [0.05, 0.1) is 47.1 Å². The van der Waals surface area contributed by atoms with E-state index in [1.807, 2.05) is 36.4 Å². The number of thiazole rings is 1. The first-order valence-corrected chi connectivity index (χ1v) is 16.9. The van der Waals surface area contributed by atoms with E-state index in [0.29, 0.717) is 66.7 Å². The molecule has 1 saturated heterocycles. The van der Waals surface area contributed by atoms with Crippen molar-refractivity contribution in [3.8, 4) is 33.0 Å². The molecule has 1 amide bonds. The fourth-order valence-corrected chi connectivity index (χ4v) is 8.14. The highest BCUT2D eigenvalue weighted by Crippen LogP contribution is 2.47. The van der Waals surface area contributed by atoms with E-state index in [1.54, 1.807) is 13.3 Å². The SMILES string of the molecule is COc1ccc(-c2nc([C@@H]3CC[C@H](F)C[C@H]3C(=O)NC3(C#N)CC3)c(-c3ccc(N4CCS(O)(O)CC4)cc3)s2)nc1.